The maximum Gasteiger partial charge on any atom is 0.251 e. The molecule has 4 rings (SSSR count). The molecule has 2 N–H and O–H groups in total. The van der Waals surface area contributed by atoms with E-state index in [1.165, 1.54) is 12.3 Å². The molecule has 0 spiro atoms. The summed E-state index contributed by atoms with van der Waals surface area (Å²) in [7, 11) is 0. The van der Waals surface area contributed by atoms with Crippen LogP contribution in [-0.2, 0) is 0 Å². The highest BCUT2D eigenvalue weighted by atomic mass is 19.3. The highest BCUT2D eigenvalue weighted by molar-refractivity contribution is 5.96. The number of rotatable bonds is 6. The van der Waals surface area contributed by atoms with Crippen LogP contribution in [0.1, 0.15) is 36.0 Å². The van der Waals surface area contributed by atoms with Gasteiger partial charge < -0.3 is 15.1 Å². The summed E-state index contributed by atoms with van der Waals surface area (Å²) in [6.07, 6.45) is 3.52. The molecule has 158 valence electrons. The number of alkyl halides is 2. The van der Waals surface area contributed by atoms with Crippen molar-refractivity contribution >= 4 is 16.9 Å². The minimum atomic E-state index is -2.36. The minimum Gasteiger partial charge on any atom is -0.464 e. The molecule has 1 fully saturated rings. The van der Waals surface area contributed by atoms with E-state index >= 15 is 0 Å². The summed E-state index contributed by atoms with van der Waals surface area (Å²) in [4.78, 5) is 16.8. The number of nitrogens with one attached hydrogen (secondary N) is 2. The van der Waals surface area contributed by atoms with E-state index in [0.717, 1.165) is 0 Å². The molecule has 3 aromatic rings. The van der Waals surface area contributed by atoms with E-state index in [2.05, 4.69) is 15.6 Å². The molecule has 1 aliphatic carbocycles. The van der Waals surface area contributed by atoms with Crippen molar-refractivity contribution in [1.82, 2.24) is 15.6 Å². The Labute approximate surface area is 171 Å². The first-order chi connectivity index (χ1) is 14.5. The van der Waals surface area contributed by atoms with Gasteiger partial charge in [-0.25, -0.2) is 13.2 Å². The number of pyridine rings is 1. The predicted molar refractivity (Wildman–Crippen MR) is 107 cm³/mol. The summed E-state index contributed by atoms with van der Waals surface area (Å²) in [6.45, 7) is -0.311. The van der Waals surface area contributed by atoms with Crippen molar-refractivity contribution in [1.29, 1.82) is 0 Å². The van der Waals surface area contributed by atoms with E-state index in [0.29, 0.717) is 47.9 Å². The summed E-state index contributed by atoms with van der Waals surface area (Å²) in [5, 5.41) is 6.46. The molecule has 0 atom stereocenters. The molecule has 0 unspecified atom stereocenters. The number of halogens is 3. The van der Waals surface area contributed by atoms with Gasteiger partial charge in [0.05, 0.1) is 18.5 Å². The summed E-state index contributed by atoms with van der Waals surface area (Å²) in [5.74, 6) is -0.886. The monoisotopic (exact) mass is 417 g/mol. The molecular formula is C22H22F3N3O2. The number of benzene rings is 1. The van der Waals surface area contributed by atoms with Gasteiger partial charge >= 0.3 is 0 Å². The van der Waals surface area contributed by atoms with Crippen molar-refractivity contribution in [3.63, 3.8) is 0 Å². The molecule has 0 aliphatic heterocycles. The quantitative estimate of drug-likeness (QED) is 0.619. The molecule has 30 heavy (non-hydrogen) atoms. The molecule has 0 saturated heterocycles. The second-order valence-electron chi connectivity index (χ2n) is 7.51. The van der Waals surface area contributed by atoms with Gasteiger partial charge in [-0.2, -0.15) is 0 Å². The molecule has 5 nitrogen and oxygen atoms in total. The third kappa shape index (κ3) is 4.48. The number of fused-ring (bicyclic) bond motifs is 1. The largest absolute Gasteiger partial charge is 0.464 e. The van der Waals surface area contributed by atoms with Crippen LogP contribution in [0.5, 0.6) is 0 Å². The predicted octanol–water partition coefficient (Wildman–Crippen LogP) is 4.53. The Hall–Kier alpha value is -2.87. The Balaban J connectivity index is 1.40. The summed E-state index contributed by atoms with van der Waals surface area (Å²) in [5.41, 5.74) is 1.60. The van der Waals surface area contributed by atoms with Crippen molar-refractivity contribution < 1.29 is 22.4 Å². The maximum atomic E-state index is 14.8. The fourth-order valence-corrected chi connectivity index (χ4v) is 3.92. The second-order valence-corrected chi connectivity index (χ2v) is 7.51. The first-order valence-corrected chi connectivity index (χ1v) is 9.96. The molecule has 2 heterocycles. The highest BCUT2D eigenvalue weighted by Gasteiger charge is 2.23. The number of amides is 1. The van der Waals surface area contributed by atoms with E-state index < -0.39 is 12.2 Å². The maximum absolute atomic E-state index is 14.8. The number of hydrogen-bond donors (Lipinski definition) is 2. The Kier molecular flexibility index (Phi) is 6.03. The highest BCUT2D eigenvalue weighted by Crippen LogP contribution is 2.29. The first kappa shape index (κ1) is 20.4. The topological polar surface area (TPSA) is 67.2 Å². The Morgan fingerprint density at radius 3 is 2.63 bits per heavy atom. The van der Waals surface area contributed by atoms with Crippen LogP contribution in [0, 0.1) is 5.82 Å². The van der Waals surface area contributed by atoms with Crippen LogP contribution in [-0.4, -0.2) is 35.9 Å². The van der Waals surface area contributed by atoms with E-state index in [4.69, 9.17) is 4.42 Å². The zero-order chi connectivity index (χ0) is 21.1. The fraction of sp³-hybridized carbons (Fsp3) is 0.364. The minimum absolute atomic E-state index is 0.0435. The van der Waals surface area contributed by atoms with Gasteiger partial charge in [0.15, 0.2) is 0 Å². The molecule has 1 aromatic carbocycles. The average molecular weight is 417 g/mol. The number of carbonyl (C=O) groups excluding carboxylic acids is 1. The molecule has 2 aromatic heterocycles. The van der Waals surface area contributed by atoms with Crippen molar-refractivity contribution in [3.05, 3.63) is 54.2 Å². The number of hydrogen-bond acceptors (Lipinski definition) is 4. The van der Waals surface area contributed by atoms with Crippen molar-refractivity contribution in [2.75, 3.05) is 6.54 Å². The van der Waals surface area contributed by atoms with Crippen LogP contribution in [0.2, 0.25) is 0 Å². The normalized spacial score (nSPS) is 19.3. The van der Waals surface area contributed by atoms with E-state index in [9.17, 15) is 18.0 Å². The molecule has 1 aliphatic rings. The van der Waals surface area contributed by atoms with Gasteiger partial charge in [0, 0.05) is 34.8 Å². The smallest absolute Gasteiger partial charge is 0.251 e. The van der Waals surface area contributed by atoms with Crippen LogP contribution < -0.4 is 10.6 Å². The third-order valence-corrected chi connectivity index (χ3v) is 5.49. The average Bonchev–Trinajstić information content (AvgIpc) is 3.22. The van der Waals surface area contributed by atoms with Gasteiger partial charge in [0.2, 0.25) is 0 Å². The lowest BCUT2D eigenvalue weighted by Crippen LogP contribution is -2.43. The zero-order valence-corrected chi connectivity index (χ0v) is 16.2. The van der Waals surface area contributed by atoms with Gasteiger partial charge in [-0.3, -0.25) is 9.78 Å². The molecule has 8 heteroatoms. The lowest BCUT2D eigenvalue weighted by Gasteiger charge is -2.29. The summed E-state index contributed by atoms with van der Waals surface area (Å²) < 4.78 is 44.7. The van der Waals surface area contributed by atoms with Crippen LogP contribution in [0.25, 0.3) is 22.2 Å². The Bertz CT molecular complexity index is 1030. The number of aromatic nitrogens is 1. The molecular weight excluding hydrogens is 395 g/mol. The van der Waals surface area contributed by atoms with Crippen LogP contribution in [0.15, 0.2) is 47.2 Å². The van der Waals surface area contributed by atoms with Gasteiger partial charge in [-0.05, 0) is 56.0 Å². The Morgan fingerprint density at radius 2 is 1.90 bits per heavy atom. The molecule has 1 amide bonds. The second kappa shape index (κ2) is 8.87. The van der Waals surface area contributed by atoms with Gasteiger partial charge in [-0.1, -0.05) is 0 Å². The van der Waals surface area contributed by atoms with E-state index in [1.807, 2.05) is 0 Å². The van der Waals surface area contributed by atoms with Crippen LogP contribution >= 0.6 is 0 Å². The molecule has 0 radical (unpaired) electrons. The van der Waals surface area contributed by atoms with E-state index in [-0.39, 0.29) is 30.1 Å². The molecule has 0 bridgehead atoms. The van der Waals surface area contributed by atoms with Crippen LogP contribution in [0.4, 0.5) is 13.2 Å². The van der Waals surface area contributed by atoms with Gasteiger partial charge in [0.1, 0.15) is 11.4 Å². The first-order valence-electron chi connectivity index (χ1n) is 9.96. The zero-order valence-electron chi connectivity index (χ0n) is 16.2. The van der Waals surface area contributed by atoms with Crippen molar-refractivity contribution in [2.45, 2.75) is 44.2 Å². The van der Waals surface area contributed by atoms with Gasteiger partial charge in [-0.15, -0.1) is 0 Å². The number of furan rings is 1. The van der Waals surface area contributed by atoms with Crippen molar-refractivity contribution in [3.8, 4) is 11.3 Å². The SMILES string of the molecule is O=C(NC1CCC(NCC(F)F)CC1)c1ccc(-c2nccc3occc23)c(F)c1. The van der Waals surface area contributed by atoms with Crippen molar-refractivity contribution in [2.24, 2.45) is 0 Å². The van der Waals surface area contributed by atoms with Crippen LogP contribution in [0.3, 0.4) is 0 Å². The standard InChI is InChI=1S/C22H22F3N3O2/c23-18-11-13(1-6-16(18)21-17-8-10-30-19(17)7-9-26-21)22(29)28-15-4-2-14(3-5-15)27-12-20(24)25/h1,6-11,14-15,20,27H,2-5,12H2,(H,28,29). The summed E-state index contributed by atoms with van der Waals surface area (Å²) >= 11 is 0. The summed E-state index contributed by atoms with van der Waals surface area (Å²) in [6, 6.07) is 7.75. The third-order valence-electron chi connectivity index (χ3n) is 5.49. The lowest BCUT2D eigenvalue weighted by molar-refractivity contribution is 0.0922. The number of carbonyl (C=O) groups is 1. The lowest BCUT2D eigenvalue weighted by atomic mass is 9.91. The fourth-order valence-electron chi connectivity index (χ4n) is 3.92. The Morgan fingerprint density at radius 1 is 1.13 bits per heavy atom. The molecule has 1 saturated carbocycles. The van der Waals surface area contributed by atoms with E-state index in [1.54, 1.807) is 30.5 Å². The number of nitrogens with zero attached hydrogens (tertiary/aromatic N) is 1. The van der Waals surface area contributed by atoms with Gasteiger partial charge in [0.25, 0.3) is 12.3 Å².